The number of fused-ring (bicyclic) bond motifs is 1. The predicted octanol–water partition coefficient (Wildman–Crippen LogP) is 4.02. The zero-order valence-corrected chi connectivity index (χ0v) is 14.2. The number of thiazole rings is 1. The third-order valence-electron chi connectivity index (χ3n) is 3.77. The number of anilines is 1. The normalized spacial score (nSPS) is 10.8. The molecule has 2 aromatic carbocycles. The zero-order chi connectivity index (χ0) is 18.1. The van der Waals surface area contributed by atoms with Gasteiger partial charge in [0.15, 0.2) is 17.1 Å². The molecule has 0 bridgehead atoms. The zero-order valence-electron chi connectivity index (χ0n) is 13.4. The fourth-order valence-corrected chi connectivity index (χ4v) is 3.41. The van der Waals surface area contributed by atoms with Crippen molar-refractivity contribution in [1.82, 2.24) is 9.97 Å². The Morgan fingerprint density at radius 2 is 1.88 bits per heavy atom. The van der Waals surface area contributed by atoms with Gasteiger partial charge in [0.2, 0.25) is 0 Å². The van der Waals surface area contributed by atoms with Crippen molar-refractivity contribution >= 4 is 33.3 Å². The van der Waals surface area contributed by atoms with Gasteiger partial charge in [0.25, 0.3) is 5.91 Å². The molecular weight excluding hydrogens is 350 g/mol. The summed E-state index contributed by atoms with van der Waals surface area (Å²) in [6.07, 6.45) is 1.70. The SMILES string of the molecule is O=C(Nc1cccc(-c2nc3ncccc3s2)c1)c1ccc(O)c(O)c1. The van der Waals surface area contributed by atoms with Crippen molar-refractivity contribution in [3.8, 4) is 22.1 Å². The summed E-state index contributed by atoms with van der Waals surface area (Å²) in [6, 6.07) is 15.1. The maximum atomic E-state index is 12.3. The molecule has 0 aliphatic rings. The van der Waals surface area contributed by atoms with Gasteiger partial charge in [-0.15, -0.1) is 11.3 Å². The van der Waals surface area contributed by atoms with Crippen LogP contribution in [0.1, 0.15) is 10.4 Å². The number of carbonyl (C=O) groups excluding carboxylic acids is 1. The lowest BCUT2D eigenvalue weighted by Gasteiger charge is -2.07. The average Bonchev–Trinajstić information content (AvgIpc) is 3.08. The maximum absolute atomic E-state index is 12.3. The minimum atomic E-state index is -0.386. The van der Waals surface area contributed by atoms with E-state index in [1.807, 2.05) is 30.3 Å². The van der Waals surface area contributed by atoms with Crippen LogP contribution in [0.5, 0.6) is 11.5 Å². The van der Waals surface area contributed by atoms with Crippen LogP contribution in [0.15, 0.2) is 60.8 Å². The van der Waals surface area contributed by atoms with Crippen LogP contribution in [0.25, 0.3) is 20.9 Å². The second kappa shape index (κ2) is 6.45. The van der Waals surface area contributed by atoms with E-state index in [1.165, 1.54) is 29.5 Å². The van der Waals surface area contributed by atoms with E-state index in [2.05, 4.69) is 15.3 Å². The third-order valence-corrected chi connectivity index (χ3v) is 4.83. The summed E-state index contributed by atoms with van der Waals surface area (Å²) in [5.74, 6) is -0.996. The van der Waals surface area contributed by atoms with Crippen molar-refractivity contribution in [2.75, 3.05) is 5.32 Å². The van der Waals surface area contributed by atoms with Gasteiger partial charge in [-0.25, -0.2) is 9.97 Å². The number of pyridine rings is 1. The minimum Gasteiger partial charge on any atom is -0.504 e. The van der Waals surface area contributed by atoms with Crippen molar-refractivity contribution in [2.45, 2.75) is 0 Å². The Morgan fingerprint density at radius 3 is 2.69 bits per heavy atom. The Kier molecular flexibility index (Phi) is 3.98. The average molecular weight is 363 g/mol. The second-order valence-electron chi connectivity index (χ2n) is 5.58. The summed E-state index contributed by atoms with van der Waals surface area (Å²) in [6.45, 7) is 0. The number of carbonyl (C=O) groups is 1. The summed E-state index contributed by atoms with van der Waals surface area (Å²) < 4.78 is 0.997. The largest absolute Gasteiger partial charge is 0.504 e. The molecule has 0 aliphatic carbocycles. The molecule has 3 N–H and O–H groups in total. The van der Waals surface area contributed by atoms with E-state index in [9.17, 15) is 15.0 Å². The van der Waals surface area contributed by atoms with Gasteiger partial charge < -0.3 is 15.5 Å². The monoisotopic (exact) mass is 363 g/mol. The number of nitrogens with one attached hydrogen (secondary N) is 1. The number of amides is 1. The summed E-state index contributed by atoms with van der Waals surface area (Å²) in [7, 11) is 0. The topological polar surface area (TPSA) is 95.3 Å². The molecule has 0 saturated heterocycles. The number of phenolic OH excluding ortho intramolecular Hbond substituents is 2. The van der Waals surface area contributed by atoms with Crippen molar-refractivity contribution in [3.63, 3.8) is 0 Å². The van der Waals surface area contributed by atoms with E-state index in [0.717, 1.165) is 15.3 Å². The maximum Gasteiger partial charge on any atom is 0.255 e. The molecule has 0 unspecified atom stereocenters. The van der Waals surface area contributed by atoms with E-state index in [0.29, 0.717) is 11.3 Å². The van der Waals surface area contributed by atoms with Crippen LogP contribution in [0.4, 0.5) is 5.69 Å². The lowest BCUT2D eigenvalue weighted by Crippen LogP contribution is -2.11. The number of nitrogens with zero attached hydrogens (tertiary/aromatic N) is 2. The Hall–Kier alpha value is -3.45. The van der Waals surface area contributed by atoms with E-state index in [4.69, 9.17) is 0 Å². The molecule has 0 saturated carbocycles. The highest BCUT2D eigenvalue weighted by atomic mass is 32.1. The number of hydrogen-bond acceptors (Lipinski definition) is 6. The summed E-state index contributed by atoms with van der Waals surface area (Å²) in [5.41, 5.74) is 2.42. The number of rotatable bonds is 3. The molecule has 0 spiro atoms. The highest BCUT2D eigenvalue weighted by molar-refractivity contribution is 7.21. The lowest BCUT2D eigenvalue weighted by molar-refractivity contribution is 0.102. The quantitative estimate of drug-likeness (QED) is 0.478. The minimum absolute atomic E-state index is 0.245. The Bertz CT molecular complexity index is 1090. The molecule has 7 heteroatoms. The van der Waals surface area contributed by atoms with E-state index >= 15 is 0 Å². The first kappa shape index (κ1) is 16.0. The first-order chi connectivity index (χ1) is 12.6. The summed E-state index contributed by atoms with van der Waals surface area (Å²) in [4.78, 5) is 21.1. The van der Waals surface area contributed by atoms with Gasteiger partial charge in [0.1, 0.15) is 5.01 Å². The molecular formula is C19H13N3O3S. The summed E-state index contributed by atoms with van der Waals surface area (Å²) in [5, 5.41) is 22.5. The predicted molar refractivity (Wildman–Crippen MR) is 101 cm³/mol. The molecule has 26 heavy (non-hydrogen) atoms. The molecule has 0 radical (unpaired) electrons. The van der Waals surface area contributed by atoms with Crippen LogP contribution in [0.2, 0.25) is 0 Å². The first-order valence-electron chi connectivity index (χ1n) is 7.75. The van der Waals surface area contributed by atoms with Crippen LogP contribution in [0.3, 0.4) is 0 Å². The van der Waals surface area contributed by atoms with Crippen molar-refractivity contribution < 1.29 is 15.0 Å². The number of aromatic nitrogens is 2. The van der Waals surface area contributed by atoms with Crippen LogP contribution < -0.4 is 5.32 Å². The highest BCUT2D eigenvalue weighted by Crippen LogP contribution is 2.30. The standard InChI is InChI=1S/C19H13N3O3S/c23-14-7-6-11(10-15(14)24)18(25)21-13-4-1-3-12(9-13)19-22-17-16(26-19)5-2-8-20-17/h1-10,23-24H,(H,21,25). The Morgan fingerprint density at radius 1 is 1.00 bits per heavy atom. The fraction of sp³-hybridized carbons (Fsp3) is 0. The number of aromatic hydroxyl groups is 2. The molecule has 0 fully saturated rings. The van der Waals surface area contributed by atoms with Crippen molar-refractivity contribution in [2.24, 2.45) is 0 Å². The van der Waals surface area contributed by atoms with E-state index < -0.39 is 0 Å². The van der Waals surface area contributed by atoms with Gasteiger partial charge in [-0.2, -0.15) is 0 Å². The van der Waals surface area contributed by atoms with Gasteiger partial charge in [-0.05, 0) is 42.5 Å². The third kappa shape index (κ3) is 3.07. The molecule has 0 aliphatic heterocycles. The fourth-order valence-electron chi connectivity index (χ4n) is 2.49. The van der Waals surface area contributed by atoms with Crippen LogP contribution in [-0.4, -0.2) is 26.1 Å². The van der Waals surface area contributed by atoms with Gasteiger partial charge in [-0.1, -0.05) is 12.1 Å². The molecule has 4 rings (SSSR count). The van der Waals surface area contributed by atoms with Crippen LogP contribution in [-0.2, 0) is 0 Å². The number of hydrogen-bond donors (Lipinski definition) is 3. The molecule has 1 amide bonds. The van der Waals surface area contributed by atoms with E-state index in [1.54, 1.807) is 12.3 Å². The molecule has 0 atom stereocenters. The number of benzene rings is 2. The highest BCUT2D eigenvalue weighted by Gasteiger charge is 2.11. The van der Waals surface area contributed by atoms with Gasteiger partial charge in [-0.3, -0.25) is 4.79 Å². The molecule has 2 aromatic heterocycles. The van der Waals surface area contributed by atoms with Crippen molar-refractivity contribution in [3.05, 3.63) is 66.4 Å². The van der Waals surface area contributed by atoms with Gasteiger partial charge in [0, 0.05) is 23.0 Å². The molecule has 6 nitrogen and oxygen atoms in total. The number of phenols is 2. The Labute approximate surface area is 152 Å². The molecule has 2 heterocycles. The first-order valence-corrected chi connectivity index (χ1v) is 8.57. The molecule has 128 valence electrons. The molecule has 4 aromatic rings. The lowest BCUT2D eigenvalue weighted by atomic mass is 10.1. The van der Waals surface area contributed by atoms with Crippen LogP contribution >= 0.6 is 11.3 Å². The summed E-state index contributed by atoms with van der Waals surface area (Å²) >= 11 is 1.53. The smallest absolute Gasteiger partial charge is 0.255 e. The van der Waals surface area contributed by atoms with Gasteiger partial charge >= 0.3 is 0 Å². The van der Waals surface area contributed by atoms with Crippen molar-refractivity contribution in [1.29, 1.82) is 0 Å². The van der Waals surface area contributed by atoms with Gasteiger partial charge in [0.05, 0.1) is 4.70 Å². The Balaban J connectivity index is 1.61. The second-order valence-corrected chi connectivity index (χ2v) is 6.61. The van der Waals surface area contributed by atoms with Crippen LogP contribution in [0, 0.1) is 0 Å². The van der Waals surface area contributed by atoms with E-state index in [-0.39, 0.29) is 23.0 Å².